The Bertz CT molecular complexity index is 2100. The topological polar surface area (TPSA) is 167 Å². The molecule has 5 N–H and O–H groups in total. The maximum atomic E-state index is 13.4. The number of hydrogen-bond donors (Lipinski definition) is 5. The van der Waals surface area contributed by atoms with Crippen molar-refractivity contribution in [2.45, 2.75) is 26.2 Å². The lowest BCUT2D eigenvalue weighted by Gasteiger charge is -2.24. The van der Waals surface area contributed by atoms with Crippen LogP contribution in [0.5, 0.6) is 17.4 Å². The van der Waals surface area contributed by atoms with Gasteiger partial charge in [-0.1, -0.05) is 45.0 Å². The molecule has 0 saturated heterocycles. The molecule has 1 aromatic heterocycles. The van der Waals surface area contributed by atoms with Crippen LogP contribution in [0.1, 0.15) is 36.7 Å². The van der Waals surface area contributed by atoms with Crippen LogP contribution in [-0.4, -0.2) is 58.7 Å². The molecule has 5 aromatic rings. The molecule has 2 amide bonds. The molecule has 0 fully saturated rings. The van der Waals surface area contributed by atoms with Gasteiger partial charge in [0.1, 0.15) is 16.7 Å². The molecule has 50 heavy (non-hydrogen) atoms. The van der Waals surface area contributed by atoms with Gasteiger partial charge in [0.25, 0.3) is 0 Å². The number of carboxylic acid groups (broad SMARTS) is 1. The van der Waals surface area contributed by atoms with Gasteiger partial charge in [0.2, 0.25) is 11.8 Å². The van der Waals surface area contributed by atoms with E-state index in [4.69, 9.17) is 9.47 Å². The summed E-state index contributed by atoms with van der Waals surface area (Å²) in [4.78, 5) is 35.5. The summed E-state index contributed by atoms with van der Waals surface area (Å²) in [5.74, 6) is 0.351. The molecule has 0 spiro atoms. The van der Waals surface area contributed by atoms with Crippen LogP contribution in [0.2, 0.25) is 0 Å². The Labute approximate surface area is 292 Å². The third kappa shape index (κ3) is 8.21. The summed E-state index contributed by atoms with van der Waals surface area (Å²) in [5.41, 5.74) is 3.40. The van der Waals surface area contributed by atoms with Crippen LogP contribution in [0.25, 0.3) is 10.8 Å². The monoisotopic (exact) mass is 697 g/mol. The molecule has 1 unspecified atom stereocenters. The molecule has 13 nitrogen and oxygen atoms in total. The van der Waals surface area contributed by atoms with Gasteiger partial charge in [-0.25, -0.2) is 18.8 Å². The van der Waals surface area contributed by atoms with Crippen molar-refractivity contribution < 1.29 is 28.4 Å². The second kappa shape index (κ2) is 14.7. The highest BCUT2D eigenvalue weighted by Crippen LogP contribution is 2.39. The van der Waals surface area contributed by atoms with E-state index in [-0.39, 0.29) is 22.8 Å². The van der Waals surface area contributed by atoms with Crippen molar-refractivity contribution in [3.8, 4) is 17.4 Å². The van der Waals surface area contributed by atoms with E-state index in [1.165, 1.54) is 19.4 Å². The summed E-state index contributed by atoms with van der Waals surface area (Å²) in [6, 6.07) is 20.6. The zero-order valence-electron chi connectivity index (χ0n) is 28.7. The molecule has 260 valence electrons. The molecule has 0 bridgehead atoms. The van der Waals surface area contributed by atoms with E-state index in [2.05, 4.69) is 30.6 Å². The van der Waals surface area contributed by atoms with Crippen LogP contribution < -0.4 is 35.0 Å². The fourth-order valence-corrected chi connectivity index (χ4v) is 5.67. The van der Waals surface area contributed by atoms with Crippen molar-refractivity contribution >= 4 is 68.1 Å². The number of amides is 2. The van der Waals surface area contributed by atoms with Crippen molar-refractivity contribution in [1.29, 1.82) is 0 Å². The number of methoxy groups -OCH3 is 1. The average Bonchev–Trinajstić information content (AvgIpc) is 3.05. The van der Waals surface area contributed by atoms with Crippen molar-refractivity contribution in [3.63, 3.8) is 0 Å². The molecular formula is C36H39N7O6S. The van der Waals surface area contributed by atoms with Crippen molar-refractivity contribution in [2.24, 2.45) is 0 Å². The maximum absolute atomic E-state index is 13.4. The zero-order valence-corrected chi connectivity index (χ0v) is 29.6. The molecule has 1 atom stereocenters. The van der Waals surface area contributed by atoms with Crippen LogP contribution in [0.3, 0.4) is 0 Å². The Morgan fingerprint density at radius 3 is 2.26 bits per heavy atom. The van der Waals surface area contributed by atoms with E-state index in [0.29, 0.717) is 39.9 Å². The smallest absolute Gasteiger partial charge is 0.337 e. The van der Waals surface area contributed by atoms with Gasteiger partial charge >= 0.3 is 12.0 Å². The Morgan fingerprint density at radius 1 is 0.900 bits per heavy atom. The standard InChI is InChI=1S/C36H39N7O6S/c1-36(2,3)21-18-27(32(48-6)28(19-21)42-50(7)47)40-35(46)39-26-14-15-30(24-11-9-8-10-23(24)26)49-31-16-17-37-34(41-31)38-22-12-13-25(33(44)45)29(20-22)43(4)5/h8-20,42H,1-7H3,(H,44,45)(H,37,38,41)(H2,39,40,46). The molecule has 5 rings (SSSR count). The van der Waals surface area contributed by atoms with E-state index in [9.17, 15) is 18.9 Å². The van der Waals surface area contributed by atoms with Crippen LogP contribution in [-0.2, 0) is 16.4 Å². The highest BCUT2D eigenvalue weighted by Gasteiger charge is 2.22. The number of benzene rings is 4. The third-order valence-electron chi connectivity index (χ3n) is 7.60. The first kappa shape index (κ1) is 35.4. The number of ether oxygens (including phenoxy) is 2. The lowest BCUT2D eigenvalue weighted by Crippen LogP contribution is -2.21. The van der Waals surface area contributed by atoms with Crippen molar-refractivity contribution in [3.05, 3.63) is 90.1 Å². The number of urea groups is 1. The van der Waals surface area contributed by atoms with Gasteiger partial charge in [-0.2, -0.15) is 4.98 Å². The minimum absolute atomic E-state index is 0.174. The number of anilines is 6. The van der Waals surface area contributed by atoms with Crippen LogP contribution in [0, 0.1) is 0 Å². The molecule has 0 aliphatic carbocycles. The minimum Gasteiger partial charge on any atom is -0.492 e. The molecular weight excluding hydrogens is 659 g/mol. The predicted octanol–water partition coefficient (Wildman–Crippen LogP) is 7.59. The number of nitrogens with zero attached hydrogens (tertiary/aromatic N) is 3. The normalized spacial score (nSPS) is 11.7. The Morgan fingerprint density at radius 2 is 1.60 bits per heavy atom. The van der Waals surface area contributed by atoms with Gasteiger partial charge in [-0.05, 0) is 53.4 Å². The van der Waals surface area contributed by atoms with Gasteiger partial charge in [-0.15, -0.1) is 0 Å². The summed E-state index contributed by atoms with van der Waals surface area (Å²) >= 11 is 0. The Kier molecular flexibility index (Phi) is 10.4. The van der Waals surface area contributed by atoms with Crippen LogP contribution >= 0.6 is 0 Å². The van der Waals surface area contributed by atoms with E-state index in [1.54, 1.807) is 55.5 Å². The zero-order chi connectivity index (χ0) is 36.2. The predicted molar refractivity (Wildman–Crippen MR) is 199 cm³/mol. The van der Waals surface area contributed by atoms with E-state index in [1.807, 2.05) is 57.2 Å². The lowest BCUT2D eigenvalue weighted by atomic mass is 9.86. The second-order valence-corrected chi connectivity index (χ2v) is 13.6. The first-order valence-corrected chi connectivity index (χ1v) is 17.0. The summed E-state index contributed by atoms with van der Waals surface area (Å²) in [6.07, 6.45) is 3.07. The van der Waals surface area contributed by atoms with E-state index in [0.717, 1.165) is 16.3 Å². The number of hydrogen-bond acceptors (Lipinski definition) is 9. The molecule has 0 radical (unpaired) electrons. The lowest BCUT2D eigenvalue weighted by molar-refractivity contribution is 0.0697. The van der Waals surface area contributed by atoms with Crippen LogP contribution in [0.15, 0.2) is 79.0 Å². The number of aromatic carboxylic acids is 1. The summed E-state index contributed by atoms with van der Waals surface area (Å²) in [5, 5.41) is 19.9. The molecule has 14 heteroatoms. The Balaban J connectivity index is 1.38. The fourth-order valence-electron chi connectivity index (χ4n) is 5.21. The number of carbonyl (C=O) groups excluding carboxylic acids is 1. The summed E-state index contributed by atoms with van der Waals surface area (Å²) < 4.78 is 26.8. The largest absolute Gasteiger partial charge is 0.492 e. The number of rotatable bonds is 11. The highest BCUT2D eigenvalue weighted by atomic mass is 32.2. The SMILES string of the molecule is COc1c(NC(=O)Nc2ccc(Oc3ccnc(Nc4ccc(C(=O)O)c(N(C)C)c4)n3)c3ccccc23)cc(C(C)(C)C)cc1NS(C)=O. The van der Waals surface area contributed by atoms with Gasteiger partial charge in [0.15, 0.2) is 5.75 Å². The number of nitrogens with one attached hydrogen (secondary N) is 4. The molecule has 4 aromatic carbocycles. The minimum atomic E-state index is -1.37. The average molecular weight is 698 g/mol. The van der Waals surface area contributed by atoms with Gasteiger partial charge in [0, 0.05) is 49.1 Å². The van der Waals surface area contributed by atoms with Gasteiger partial charge in [0.05, 0.1) is 35.4 Å². The highest BCUT2D eigenvalue weighted by molar-refractivity contribution is 7.85. The number of aromatic nitrogens is 2. The first-order valence-electron chi connectivity index (χ1n) is 15.5. The van der Waals surface area contributed by atoms with Crippen molar-refractivity contribution in [1.82, 2.24) is 9.97 Å². The Hall–Kier alpha value is -5.89. The molecule has 0 aliphatic heterocycles. The fraction of sp³-hybridized carbons (Fsp3) is 0.222. The first-order chi connectivity index (χ1) is 23.7. The summed E-state index contributed by atoms with van der Waals surface area (Å²) in [7, 11) is 3.66. The van der Waals surface area contributed by atoms with E-state index < -0.39 is 23.0 Å². The third-order valence-corrected chi connectivity index (χ3v) is 8.11. The number of carbonyl (C=O) groups is 2. The second-order valence-electron chi connectivity index (χ2n) is 12.5. The number of carboxylic acids is 1. The van der Waals surface area contributed by atoms with E-state index >= 15 is 0 Å². The molecule has 0 aliphatic rings. The number of fused-ring (bicyclic) bond motifs is 1. The molecule has 0 saturated carbocycles. The summed E-state index contributed by atoms with van der Waals surface area (Å²) in [6.45, 7) is 6.13. The molecule has 1 heterocycles. The van der Waals surface area contributed by atoms with Crippen LogP contribution in [0.4, 0.5) is 39.2 Å². The van der Waals surface area contributed by atoms with Crippen molar-refractivity contribution in [2.75, 3.05) is 53.0 Å². The van der Waals surface area contributed by atoms with Gasteiger partial charge < -0.3 is 40.2 Å². The van der Waals surface area contributed by atoms with Gasteiger partial charge in [-0.3, -0.25) is 0 Å². The quantitative estimate of drug-likeness (QED) is 0.0928. The maximum Gasteiger partial charge on any atom is 0.337 e.